The Morgan fingerprint density at radius 1 is 1.03 bits per heavy atom. The lowest BCUT2D eigenvalue weighted by Crippen LogP contribution is -2.27. The second-order valence-corrected chi connectivity index (χ2v) is 9.58. The quantitative estimate of drug-likeness (QED) is 0.286. The Morgan fingerprint density at radius 2 is 1.75 bits per heavy atom. The summed E-state index contributed by atoms with van der Waals surface area (Å²) in [7, 11) is 3.08. The molecule has 0 aromatic heterocycles. The van der Waals surface area contributed by atoms with Crippen molar-refractivity contribution in [3.8, 4) is 17.2 Å². The number of methoxy groups -OCH3 is 2. The molecule has 0 spiro atoms. The van der Waals surface area contributed by atoms with Gasteiger partial charge in [-0.1, -0.05) is 41.6 Å². The fraction of sp³-hybridized carbons (Fsp3) is 0.115. The lowest BCUT2D eigenvalue weighted by Gasteiger charge is -2.14. The minimum absolute atomic E-state index is 0.207. The van der Waals surface area contributed by atoms with Gasteiger partial charge < -0.3 is 19.5 Å². The maximum Gasteiger partial charge on any atom is 0.270 e. The minimum atomic E-state index is -0.322. The fourth-order valence-electron chi connectivity index (χ4n) is 3.34. The molecule has 1 aliphatic heterocycles. The van der Waals surface area contributed by atoms with Crippen LogP contribution < -0.4 is 24.4 Å². The zero-order valence-corrected chi connectivity index (χ0v) is 21.7. The van der Waals surface area contributed by atoms with Gasteiger partial charge in [-0.2, -0.15) is 0 Å². The third kappa shape index (κ3) is 5.99. The van der Waals surface area contributed by atoms with E-state index in [-0.39, 0.29) is 18.4 Å². The number of rotatable bonds is 8. The molecular weight excluding hydrogens is 520 g/mol. The molecule has 1 aliphatic rings. The minimum Gasteiger partial charge on any atom is -0.497 e. The van der Waals surface area contributed by atoms with E-state index in [9.17, 15) is 9.59 Å². The number of halogens is 1. The summed E-state index contributed by atoms with van der Waals surface area (Å²) in [4.78, 5) is 27.2. The summed E-state index contributed by atoms with van der Waals surface area (Å²) in [5.74, 6) is 0.975. The molecule has 36 heavy (non-hydrogen) atoms. The number of ether oxygens (including phenoxy) is 3. The highest BCUT2D eigenvalue weighted by Gasteiger charge is 2.33. The molecule has 0 aliphatic carbocycles. The fourth-order valence-corrected chi connectivity index (χ4v) is 4.76. The molecule has 184 valence electrons. The summed E-state index contributed by atoms with van der Waals surface area (Å²) in [6.07, 6.45) is 1.73. The number of thiocarbonyl (C=S) groups is 1. The van der Waals surface area contributed by atoms with E-state index >= 15 is 0 Å². The number of nitrogens with one attached hydrogen (secondary N) is 1. The number of hydrogen-bond donors (Lipinski definition) is 1. The highest BCUT2D eigenvalue weighted by molar-refractivity contribution is 8.27. The molecule has 0 saturated carbocycles. The van der Waals surface area contributed by atoms with Crippen molar-refractivity contribution in [2.24, 2.45) is 0 Å². The van der Waals surface area contributed by atoms with E-state index in [0.29, 0.717) is 42.9 Å². The number of hydrogen-bond acceptors (Lipinski definition) is 7. The van der Waals surface area contributed by atoms with Crippen LogP contribution in [-0.2, 0) is 9.59 Å². The van der Waals surface area contributed by atoms with Crippen molar-refractivity contribution in [2.75, 3.05) is 31.0 Å². The van der Waals surface area contributed by atoms with E-state index in [1.54, 1.807) is 79.9 Å². The van der Waals surface area contributed by atoms with Crippen LogP contribution >= 0.6 is 35.6 Å². The van der Waals surface area contributed by atoms with Crippen molar-refractivity contribution < 1.29 is 23.8 Å². The average Bonchev–Trinajstić information content (AvgIpc) is 3.16. The molecule has 1 heterocycles. The smallest absolute Gasteiger partial charge is 0.270 e. The zero-order chi connectivity index (χ0) is 25.7. The van der Waals surface area contributed by atoms with E-state index < -0.39 is 0 Å². The van der Waals surface area contributed by atoms with Gasteiger partial charge in [-0.15, -0.1) is 0 Å². The standard InChI is InChI=1S/C26H21ClN2O5S2/c1-32-20-10-6-18(7-11-20)28-24(30)15-34-21-12-3-16(13-22(21)33-2)14-23-25(31)29(26(35)36-23)19-8-4-17(27)5-9-19/h3-14H,15H2,1-2H3,(H,28,30)/b23-14-. The SMILES string of the molecule is COc1ccc(NC(=O)COc2ccc(/C=C3\SC(=S)N(c4ccc(Cl)cc4)C3=O)cc2OC)cc1. The summed E-state index contributed by atoms with van der Waals surface area (Å²) in [5.41, 5.74) is 2.00. The number of amides is 2. The van der Waals surface area contributed by atoms with Crippen molar-refractivity contribution in [3.63, 3.8) is 0 Å². The maximum absolute atomic E-state index is 13.0. The first-order valence-corrected chi connectivity index (χ1v) is 12.3. The first-order valence-electron chi connectivity index (χ1n) is 10.7. The van der Waals surface area contributed by atoms with E-state index in [2.05, 4.69) is 5.32 Å². The van der Waals surface area contributed by atoms with Gasteiger partial charge in [0.05, 0.1) is 24.8 Å². The Morgan fingerprint density at radius 3 is 2.42 bits per heavy atom. The zero-order valence-electron chi connectivity index (χ0n) is 19.3. The molecule has 0 unspecified atom stereocenters. The van der Waals surface area contributed by atoms with Crippen LogP contribution in [0.5, 0.6) is 17.2 Å². The molecule has 1 fully saturated rings. The van der Waals surface area contributed by atoms with Gasteiger partial charge in [-0.3, -0.25) is 14.5 Å². The van der Waals surface area contributed by atoms with Gasteiger partial charge in [0.15, 0.2) is 22.4 Å². The van der Waals surface area contributed by atoms with Gasteiger partial charge in [0, 0.05) is 10.7 Å². The molecule has 0 radical (unpaired) electrons. The molecule has 3 aromatic carbocycles. The van der Waals surface area contributed by atoms with Crippen LogP contribution in [0.3, 0.4) is 0 Å². The number of carbonyl (C=O) groups is 2. The van der Waals surface area contributed by atoms with Crippen LogP contribution in [0.4, 0.5) is 11.4 Å². The summed E-state index contributed by atoms with van der Waals surface area (Å²) < 4.78 is 16.6. The van der Waals surface area contributed by atoms with Crippen molar-refractivity contribution in [2.45, 2.75) is 0 Å². The van der Waals surface area contributed by atoms with E-state index in [1.807, 2.05) is 0 Å². The van der Waals surface area contributed by atoms with Crippen LogP contribution in [0, 0.1) is 0 Å². The molecule has 0 atom stereocenters. The Kier molecular flexibility index (Phi) is 8.14. The number of thioether (sulfide) groups is 1. The number of benzene rings is 3. The Labute approximate surface area is 223 Å². The summed E-state index contributed by atoms with van der Waals surface area (Å²) in [6, 6.07) is 19.1. The molecule has 2 amide bonds. The van der Waals surface area contributed by atoms with Gasteiger partial charge in [-0.25, -0.2) is 0 Å². The average molecular weight is 541 g/mol. The van der Waals surface area contributed by atoms with Crippen LogP contribution in [0.1, 0.15) is 5.56 Å². The van der Waals surface area contributed by atoms with Crippen LogP contribution in [0.2, 0.25) is 5.02 Å². The number of carbonyl (C=O) groups excluding carboxylic acids is 2. The largest absolute Gasteiger partial charge is 0.497 e. The van der Waals surface area contributed by atoms with Crippen LogP contribution in [-0.4, -0.2) is 37.0 Å². The number of nitrogens with zero attached hydrogens (tertiary/aromatic N) is 1. The third-order valence-electron chi connectivity index (χ3n) is 5.10. The van der Waals surface area contributed by atoms with Gasteiger partial charge in [0.2, 0.25) is 0 Å². The Hall–Kier alpha value is -3.53. The Balaban J connectivity index is 1.43. The molecule has 10 heteroatoms. The number of anilines is 2. The predicted molar refractivity (Wildman–Crippen MR) is 147 cm³/mol. The summed E-state index contributed by atoms with van der Waals surface area (Å²) in [5, 5.41) is 3.33. The highest BCUT2D eigenvalue weighted by atomic mass is 35.5. The first kappa shape index (κ1) is 25.6. The second-order valence-electron chi connectivity index (χ2n) is 7.47. The summed E-state index contributed by atoms with van der Waals surface area (Å²) in [6.45, 7) is -0.207. The van der Waals surface area contributed by atoms with Crippen LogP contribution in [0.25, 0.3) is 6.08 Å². The van der Waals surface area contributed by atoms with Gasteiger partial charge in [-0.05, 0) is 72.3 Å². The molecule has 4 rings (SSSR count). The normalized spacial score (nSPS) is 14.2. The molecule has 0 bridgehead atoms. The van der Waals surface area contributed by atoms with E-state index in [1.165, 1.54) is 23.8 Å². The maximum atomic E-state index is 13.0. The van der Waals surface area contributed by atoms with Crippen LogP contribution in [0.15, 0.2) is 71.6 Å². The molecular formula is C26H21ClN2O5S2. The molecule has 1 N–H and O–H groups in total. The third-order valence-corrected chi connectivity index (χ3v) is 6.65. The molecule has 1 saturated heterocycles. The van der Waals surface area contributed by atoms with Gasteiger partial charge in [0.25, 0.3) is 11.8 Å². The summed E-state index contributed by atoms with van der Waals surface area (Å²) >= 11 is 12.6. The van der Waals surface area contributed by atoms with Gasteiger partial charge >= 0.3 is 0 Å². The molecule has 7 nitrogen and oxygen atoms in total. The lowest BCUT2D eigenvalue weighted by atomic mass is 10.2. The van der Waals surface area contributed by atoms with Crippen molar-refractivity contribution in [1.82, 2.24) is 0 Å². The van der Waals surface area contributed by atoms with Gasteiger partial charge in [0.1, 0.15) is 5.75 Å². The Bertz CT molecular complexity index is 1330. The van der Waals surface area contributed by atoms with Crippen molar-refractivity contribution in [1.29, 1.82) is 0 Å². The van der Waals surface area contributed by atoms with Crippen molar-refractivity contribution >= 4 is 69.2 Å². The predicted octanol–water partition coefficient (Wildman–Crippen LogP) is 5.78. The first-order chi connectivity index (χ1) is 17.4. The second kappa shape index (κ2) is 11.5. The van der Waals surface area contributed by atoms with Crippen molar-refractivity contribution in [3.05, 3.63) is 82.2 Å². The highest BCUT2D eigenvalue weighted by Crippen LogP contribution is 2.37. The monoisotopic (exact) mass is 540 g/mol. The van der Waals surface area contributed by atoms with E-state index in [0.717, 1.165) is 5.56 Å². The topological polar surface area (TPSA) is 77.1 Å². The molecule has 3 aromatic rings. The lowest BCUT2D eigenvalue weighted by molar-refractivity contribution is -0.118. The van der Waals surface area contributed by atoms with E-state index in [4.69, 9.17) is 38.0 Å².